The van der Waals surface area contributed by atoms with Gasteiger partial charge in [0.05, 0.1) is 24.2 Å². The highest BCUT2D eigenvalue weighted by Crippen LogP contribution is 2.39. The smallest absolute Gasteiger partial charge is 0.311 e. The molecule has 3 heteroatoms. The molecule has 1 saturated heterocycles. The number of epoxide rings is 1. The van der Waals surface area contributed by atoms with Gasteiger partial charge >= 0.3 is 5.97 Å². The van der Waals surface area contributed by atoms with Crippen molar-refractivity contribution in [3.8, 4) is 0 Å². The van der Waals surface area contributed by atoms with Crippen molar-refractivity contribution in [2.45, 2.75) is 52.2 Å². The topological polar surface area (TPSA) is 38.8 Å². The lowest BCUT2D eigenvalue weighted by atomic mass is 9.90. The highest BCUT2D eigenvalue weighted by atomic mass is 16.6. The maximum absolute atomic E-state index is 11.5. The molecule has 1 aliphatic carbocycles. The molecule has 2 fully saturated rings. The van der Waals surface area contributed by atoms with Gasteiger partial charge in [0.1, 0.15) is 0 Å². The first-order chi connectivity index (χ1) is 6.97. The summed E-state index contributed by atoms with van der Waals surface area (Å²) in [6.07, 6.45) is 4.35. The van der Waals surface area contributed by atoms with Crippen LogP contribution in [0, 0.1) is 11.3 Å². The monoisotopic (exact) mass is 212 g/mol. The molecule has 0 aromatic carbocycles. The Morgan fingerprint density at radius 1 is 1.33 bits per heavy atom. The molecule has 2 aliphatic rings. The van der Waals surface area contributed by atoms with Crippen LogP contribution in [0.1, 0.15) is 40.0 Å². The molecule has 15 heavy (non-hydrogen) atoms. The first kappa shape index (κ1) is 10.9. The Balaban J connectivity index is 1.71. The van der Waals surface area contributed by atoms with E-state index >= 15 is 0 Å². The molecule has 3 unspecified atom stereocenters. The van der Waals surface area contributed by atoms with Crippen molar-refractivity contribution in [1.29, 1.82) is 0 Å². The number of fused-ring (bicyclic) bond motifs is 1. The van der Waals surface area contributed by atoms with E-state index < -0.39 is 0 Å². The maximum Gasteiger partial charge on any atom is 0.311 e. The highest BCUT2D eigenvalue weighted by molar-refractivity contribution is 5.75. The molecule has 0 bridgehead atoms. The first-order valence-corrected chi connectivity index (χ1v) is 5.79. The Labute approximate surface area is 91.1 Å². The van der Waals surface area contributed by atoms with Gasteiger partial charge in [-0.25, -0.2) is 0 Å². The zero-order chi connectivity index (χ0) is 11.1. The van der Waals surface area contributed by atoms with Crippen LogP contribution in [0.25, 0.3) is 0 Å². The van der Waals surface area contributed by atoms with E-state index in [1.54, 1.807) is 0 Å². The van der Waals surface area contributed by atoms with Crippen LogP contribution in [-0.2, 0) is 14.3 Å². The number of hydrogen-bond acceptors (Lipinski definition) is 3. The molecule has 2 rings (SSSR count). The summed E-state index contributed by atoms with van der Waals surface area (Å²) in [6.45, 7) is 6.23. The van der Waals surface area contributed by atoms with Gasteiger partial charge in [-0.05, 0) is 46.0 Å². The zero-order valence-electron chi connectivity index (χ0n) is 9.79. The second kappa shape index (κ2) is 3.78. The van der Waals surface area contributed by atoms with Gasteiger partial charge in [-0.2, -0.15) is 0 Å². The second-order valence-electron chi connectivity index (χ2n) is 5.74. The van der Waals surface area contributed by atoms with Crippen LogP contribution in [-0.4, -0.2) is 24.8 Å². The fourth-order valence-electron chi connectivity index (χ4n) is 2.05. The molecule has 0 amide bonds. The van der Waals surface area contributed by atoms with Crippen molar-refractivity contribution in [3.63, 3.8) is 0 Å². The normalized spacial score (nSPS) is 34.5. The minimum Gasteiger partial charge on any atom is -0.465 e. The Hall–Kier alpha value is -0.570. The molecule has 0 spiro atoms. The second-order valence-corrected chi connectivity index (χ2v) is 5.74. The van der Waals surface area contributed by atoms with Crippen molar-refractivity contribution in [3.05, 3.63) is 0 Å². The summed E-state index contributed by atoms with van der Waals surface area (Å²) in [5.74, 6) is 0.418. The van der Waals surface area contributed by atoms with Gasteiger partial charge < -0.3 is 9.47 Å². The van der Waals surface area contributed by atoms with E-state index in [0.717, 1.165) is 19.3 Å². The number of hydrogen-bond donors (Lipinski definition) is 0. The molecule has 3 atom stereocenters. The predicted octanol–water partition coefficient (Wildman–Crippen LogP) is 2.14. The zero-order valence-corrected chi connectivity index (χ0v) is 9.79. The van der Waals surface area contributed by atoms with Crippen LogP contribution in [0.4, 0.5) is 0 Å². The fourth-order valence-corrected chi connectivity index (χ4v) is 2.05. The van der Waals surface area contributed by atoms with E-state index in [0.29, 0.717) is 24.7 Å². The van der Waals surface area contributed by atoms with Crippen LogP contribution in [0.2, 0.25) is 0 Å². The minimum atomic E-state index is -0.382. The number of esters is 1. The summed E-state index contributed by atoms with van der Waals surface area (Å²) in [7, 11) is 0. The fraction of sp³-hybridized carbons (Fsp3) is 0.917. The maximum atomic E-state index is 11.5. The van der Waals surface area contributed by atoms with Crippen molar-refractivity contribution >= 4 is 5.97 Å². The quantitative estimate of drug-likeness (QED) is 0.520. The third-order valence-corrected chi connectivity index (χ3v) is 3.18. The van der Waals surface area contributed by atoms with E-state index in [1.807, 2.05) is 20.8 Å². The SMILES string of the molecule is CC(C)(C)C(=O)OCC1CCC2OC2C1. The number of ether oxygens (including phenoxy) is 2. The molecule has 1 aliphatic heterocycles. The van der Waals surface area contributed by atoms with E-state index in [2.05, 4.69) is 0 Å². The van der Waals surface area contributed by atoms with Gasteiger partial charge in [0.15, 0.2) is 0 Å². The highest BCUT2D eigenvalue weighted by Gasteiger charge is 2.44. The molecule has 0 N–H and O–H groups in total. The van der Waals surface area contributed by atoms with Crippen LogP contribution >= 0.6 is 0 Å². The average Bonchev–Trinajstić information content (AvgIpc) is 2.90. The average molecular weight is 212 g/mol. The van der Waals surface area contributed by atoms with Gasteiger partial charge in [-0.15, -0.1) is 0 Å². The van der Waals surface area contributed by atoms with E-state index in [1.165, 1.54) is 0 Å². The molecule has 86 valence electrons. The van der Waals surface area contributed by atoms with Crippen molar-refractivity contribution in [2.24, 2.45) is 11.3 Å². The van der Waals surface area contributed by atoms with E-state index in [9.17, 15) is 4.79 Å². The molecule has 0 radical (unpaired) electrons. The van der Waals surface area contributed by atoms with E-state index in [4.69, 9.17) is 9.47 Å². The van der Waals surface area contributed by atoms with Crippen LogP contribution < -0.4 is 0 Å². The van der Waals surface area contributed by atoms with Gasteiger partial charge in [0.2, 0.25) is 0 Å². The van der Waals surface area contributed by atoms with Crippen molar-refractivity contribution in [2.75, 3.05) is 6.61 Å². The summed E-state index contributed by atoms with van der Waals surface area (Å²) in [5.41, 5.74) is -0.382. The Morgan fingerprint density at radius 2 is 2.07 bits per heavy atom. The molecule has 1 heterocycles. The lowest BCUT2D eigenvalue weighted by Gasteiger charge is -2.22. The Kier molecular flexibility index (Phi) is 2.75. The van der Waals surface area contributed by atoms with Crippen molar-refractivity contribution < 1.29 is 14.3 Å². The summed E-state index contributed by atoms with van der Waals surface area (Å²) >= 11 is 0. The summed E-state index contributed by atoms with van der Waals surface area (Å²) in [6, 6.07) is 0. The summed E-state index contributed by atoms with van der Waals surface area (Å²) in [5, 5.41) is 0. The lowest BCUT2D eigenvalue weighted by Crippen LogP contribution is -2.27. The largest absolute Gasteiger partial charge is 0.465 e. The van der Waals surface area contributed by atoms with Crippen LogP contribution in [0.5, 0.6) is 0 Å². The van der Waals surface area contributed by atoms with Crippen molar-refractivity contribution in [1.82, 2.24) is 0 Å². The van der Waals surface area contributed by atoms with Gasteiger partial charge in [-0.1, -0.05) is 0 Å². The van der Waals surface area contributed by atoms with Gasteiger partial charge in [0.25, 0.3) is 0 Å². The van der Waals surface area contributed by atoms with E-state index in [-0.39, 0.29) is 11.4 Å². The molecule has 0 aromatic heterocycles. The van der Waals surface area contributed by atoms with Gasteiger partial charge in [-0.3, -0.25) is 4.79 Å². The van der Waals surface area contributed by atoms with Crippen LogP contribution in [0.15, 0.2) is 0 Å². The Morgan fingerprint density at radius 3 is 2.67 bits per heavy atom. The third-order valence-electron chi connectivity index (χ3n) is 3.18. The molecule has 3 nitrogen and oxygen atoms in total. The standard InChI is InChI=1S/C12H20O3/c1-12(2,3)11(13)14-7-8-4-5-9-10(6-8)15-9/h8-10H,4-7H2,1-3H3. The predicted molar refractivity (Wildman–Crippen MR) is 56.4 cm³/mol. The molecular weight excluding hydrogens is 192 g/mol. The Bertz CT molecular complexity index is 254. The lowest BCUT2D eigenvalue weighted by molar-refractivity contribution is -0.154. The van der Waals surface area contributed by atoms with Gasteiger partial charge in [0, 0.05) is 0 Å². The molecular formula is C12H20O3. The molecule has 0 aromatic rings. The minimum absolute atomic E-state index is 0.0960. The van der Waals surface area contributed by atoms with Crippen LogP contribution in [0.3, 0.4) is 0 Å². The summed E-state index contributed by atoms with van der Waals surface area (Å²) in [4.78, 5) is 11.5. The number of rotatable bonds is 2. The first-order valence-electron chi connectivity index (χ1n) is 5.79. The number of carbonyl (C=O) groups excluding carboxylic acids is 1. The molecule has 1 saturated carbocycles. The third kappa shape index (κ3) is 2.71. The number of carbonyl (C=O) groups is 1. The summed E-state index contributed by atoms with van der Waals surface area (Å²) < 4.78 is 10.8.